The van der Waals surface area contributed by atoms with E-state index < -0.39 is 10.0 Å². The van der Waals surface area contributed by atoms with E-state index in [4.69, 9.17) is 11.6 Å². The zero-order valence-corrected chi connectivity index (χ0v) is 12.3. The van der Waals surface area contributed by atoms with Crippen LogP contribution in [-0.4, -0.2) is 20.5 Å². The van der Waals surface area contributed by atoms with E-state index in [1.54, 1.807) is 48.7 Å². The Morgan fingerprint density at radius 1 is 1.10 bits per heavy atom. The number of hydrogen-bond acceptors (Lipinski definition) is 4. The van der Waals surface area contributed by atoms with E-state index >= 15 is 0 Å². The molecule has 0 saturated heterocycles. The van der Waals surface area contributed by atoms with Crippen molar-refractivity contribution in [2.75, 3.05) is 0 Å². The van der Waals surface area contributed by atoms with Crippen LogP contribution in [0, 0.1) is 0 Å². The van der Waals surface area contributed by atoms with E-state index in [0.717, 1.165) is 5.56 Å². The molecule has 1 N–H and O–H groups in total. The SMILES string of the molecule is O=S1(=O)N=C(NN=Cc2ccc(Cl)cc2)c2ccccc21. The monoisotopic (exact) mass is 319 g/mol. The number of nitrogens with one attached hydrogen (secondary N) is 1. The normalized spacial score (nSPS) is 15.8. The van der Waals surface area contributed by atoms with Crippen LogP contribution in [0.25, 0.3) is 0 Å². The van der Waals surface area contributed by atoms with Crippen molar-refractivity contribution in [3.63, 3.8) is 0 Å². The Hall–Kier alpha value is -2.18. The molecule has 0 fully saturated rings. The van der Waals surface area contributed by atoms with Crippen molar-refractivity contribution in [1.82, 2.24) is 5.43 Å². The molecule has 0 unspecified atom stereocenters. The number of nitrogens with zero attached hydrogens (tertiary/aromatic N) is 2. The molecule has 5 nitrogen and oxygen atoms in total. The summed E-state index contributed by atoms with van der Waals surface area (Å²) in [6.45, 7) is 0. The molecule has 0 atom stereocenters. The second-order valence-corrected chi connectivity index (χ2v) is 6.34. The van der Waals surface area contributed by atoms with Gasteiger partial charge in [0, 0.05) is 10.6 Å². The van der Waals surface area contributed by atoms with Crippen molar-refractivity contribution in [2.24, 2.45) is 9.50 Å². The van der Waals surface area contributed by atoms with Gasteiger partial charge in [-0.2, -0.15) is 13.5 Å². The molecule has 1 aliphatic heterocycles. The van der Waals surface area contributed by atoms with Crippen LogP contribution in [0.5, 0.6) is 0 Å². The van der Waals surface area contributed by atoms with E-state index in [0.29, 0.717) is 10.6 Å². The first-order valence-corrected chi connectivity index (χ1v) is 7.87. The summed E-state index contributed by atoms with van der Waals surface area (Å²) in [4.78, 5) is 0.189. The summed E-state index contributed by atoms with van der Waals surface area (Å²) >= 11 is 5.79. The quantitative estimate of drug-likeness (QED) is 0.682. The van der Waals surface area contributed by atoms with E-state index in [9.17, 15) is 8.42 Å². The lowest BCUT2D eigenvalue weighted by atomic mass is 10.2. The summed E-state index contributed by atoms with van der Waals surface area (Å²) in [5, 5.41) is 4.64. The summed E-state index contributed by atoms with van der Waals surface area (Å²) in [5.41, 5.74) is 4.02. The van der Waals surface area contributed by atoms with Crippen LogP contribution in [0.2, 0.25) is 5.02 Å². The molecule has 0 aromatic heterocycles. The van der Waals surface area contributed by atoms with Crippen LogP contribution in [-0.2, 0) is 10.0 Å². The smallest absolute Gasteiger partial charge is 0.260 e. The predicted molar refractivity (Wildman–Crippen MR) is 82.3 cm³/mol. The van der Waals surface area contributed by atoms with Crippen molar-refractivity contribution in [3.05, 3.63) is 64.7 Å². The van der Waals surface area contributed by atoms with Crippen LogP contribution in [0.3, 0.4) is 0 Å². The Bertz CT molecular complexity index is 843. The Morgan fingerprint density at radius 2 is 1.81 bits per heavy atom. The Morgan fingerprint density at radius 3 is 2.57 bits per heavy atom. The summed E-state index contributed by atoms with van der Waals surface area (Å²) in [6, 6.07) is 13.7. The van der Waals surface area contributed by atoms with Gasteiger partial charge >= 0.3 is 0 Å². The maximum absolute atomic E-state index is 11.8. The molecule has 0 amide bonds. The lowest BCUT2D eigenvalue weighted by Gasteiger charge is -2.00. The minimum absolute atomic E-state index is 0.189. The van der Waals surface area contributed by atoms with Gasteiger partial charge in [-0.3, -0.25) is 5.43 Å². The number of hydrogen-bond donors (Lipinski definition) is 1. The van der Waals surface area contributed by atoms with Crippen LogP contribution in [0.1, 0.15) is 11.1 Å². The first kappa shape index (κ1) is 13.8. The average Bonchev–Trinajstić information content (AvgIpc) is 2.73. The molecule has 0 radical (unpaired) electrons. The number of benzene rings is 2. The van der Waals surface area contributed by atoms with E-state index in [1.807, 2.05) is 0 Å². The minimum atomic E-state index is -3.62. The molecule has 106 valence electrons. The molecule has 1 heterocycles. The van der Waals surface area contributed by atoms with E-state index in [1.165, 1.54) is 6.07 Å². The third-order valence-electron chi connectivity index (χ3n) is 2.89. The average molecular weight is 320 g/mol. The highest BCUT2D eigenvalue weighted by Crippen LogP contribution is 2.24. The lowest BCUT2D eigenvalue weighted by Crippen LogP contribution is -2.17. The fourth-order valence-corrected chi connectivity index (χ4v) is 3.20. The fraction of sp³-hybridized carbons (Fsp3) is 0. The zero-order chi connectivity index (χ0) is 14.9. The molecular weight excluding hydrogens is 310 g/mol. The van der Waals surface area contributed by atoms with Crippen LogP contribution >= 0.6 is 11.6 Å². The molecule has 2 aromatic carbocycles. The number of amidine groups is 1. The van der Waals surface area contributed by atoms with Crippen LogP contribution < -0.4 is 5.43 Å². The summed E-state index contributed by atoms with van der Waals surface area (Å²) in [7, 11) is -3.62. The first-order valence-electron chi connectivity index (χ1n) is 6.05. The molecule has 7 heteroatoms. The highest BCUT2D eigenvalue weighted by atomic mass is 35.5. The van der Waals surface area contributed by atoms with Gasteiger partial charge < -0.3 is 0 Å². The largest absolute Gasteiger partial charge is 0.285 e. The van der Waals surface area contributed by atoms with Crippen molar-refractivity contribution in [2.45, 2.75) is 4.90 Å². The topological polar surface area (TPSA) is 70.9 Å². The maximum Gasteiger partial charge on any atom is 0.285 e. The molecule has 0 bridgehead atoms. The van der Waals surface area contributed by atoms with Crippen LogP contribution in [0.4, 0.5) is 0 Å². The second kappa shape index (κ2) is 5.31. The standard InChI is InChI=1S/C14H10ClN3O2S/c15-11-7-5-10(6-8-11)9-16-17-14-12-3-1-2-4-13(12)21(19,20)18-14/h1-9H,(H,17,18). The summed E-state index contributed by atoms with van der Waals surface area (Å²) in [5.74, 6) is 0.218. The van der Waals surface area contributed by atoms with Crippen molar-refractivity contribution in [1.29, 1.82) is 0 Å². The third-order valence-corrected chi connectivity index (χ3v) is 4.47. The molecule has 3 rings (SSSR count). The molecule has 0 saturated carbocycles. The van der Waals surface area contributed by atoms with E-state index in [2.05, 4.69) is 14.9 Å². The van der Waals surface area contributed by atoms with Gasteiger partial charge in [-0.25, -0.2) is 0 Å². The minimum Gasteiger partial charge on any atom is -0.260 e. The van der Waals surface area contributed by atoms with Gasteiger partial charge in [0.05, 0.1) is 6.21 Å². The molecule has 0 aliphatic carbocycles. The molecule has 1 aliphatic rings. The highest BCUT2D eigenvalue weighted by molar-refractivity contribution is 7.90. The van der Waals surface area contributed by atoms with Crippen molar-refractivity contribution >= 4 is 33.7 Å². The molecule has 21 heavy (non-hydrogen) atoms. The molecule has 0 spiro atoms. The van der Waals surface area contributed by atoms with Gasteiger partial charge in [-0.15, -0.1) is 4.40 Å². The third kappa shape index (κ3) is 2.81. The Labute approximate surface area is 127 Å². The Kier molecular flexibility index (Phi) is 3.48. The number of halogens is 1. The summed E-state index contributed by atoms with van der Waals surface area (Å²) in [6.07, 6.45) is 1.56. The summed E-state index contributed by atoms with van der Waals surface area (Å²) < 4.78 is 27.4. The zero-order valence-electron chi connectivity index (χ0n) is 10.7. The molecular formula is C14H10ClN3O2S. The van der Waals surface area contributed by atoms with Gasteiger partial charge in [-0.05, 0) is 29.8 Å². The Balaban J connectivity index is 1.82. The number of fused-ring (bicyclic) bond motifs is 1. The van der Waals surface area contributed by atoms with Gasteiger partial charge in [0.1, 0.15) is 4.90 Å². The maximum atomic E-state index is 11.8. The van der Waals surface area contributed by atoms with Gasteiger partial charge in [-0.1, -0.05) is 35.9 Å². The second-order valence-electron chi connectivity index (χ2n) is 4.33. The predicted octanol–water partition coefficient (Wildman–Crippen LogP) is 2.41. The van der Waals surface area contributed by atoms with Gasteiger partial charge in [0.2, 0.25) is 0 Å². The fourth-order valence-electron chi connectivity index (χ4n) is 1.90. The van der Waals surface area contributed by atoms with Crippen molar-refractivity contribution in [3.8, 4) is 0 Å². The van der Waals surface area contributed by atoms with E-state index in [-0.39, 0.29) is 10.7 Å². The highest BCUT2D eigenvalue weighted by Gasteiger charge is 2.27. The first-order chi connectivity index (χ1) is 10.1. The van der Waals surface area contributed by atoms with Gasteiger partial charge in [0.25, 0.3) is 10.0 Å². The number of hydrazone groups is 1. The van der Waals surface area contributed by atoms with Crippen LogP contribution in [0.15, 0.2) is 62.9 Å². The van der Waals surface area contributed by atoms with Gasteiger partial charge in [0.15, 0.2) is 5.84 Å². The lowest BCUT2D eigenvalue weighted by molar-refractivity contribution is 0.599. The molecule has 2 aromatic rings. The van der Waals surface area contributed by atoms with Crippen molar-refractivity contribution < 1.29 is 8.42 Å². The number of rotatable bonds is 2. The number of sulfonamides is 1.